The summed E-state index contributed by atoms with van der Waals surface area (Å²) in [4.78, 5) is 11.5. The highest BCUT2D eigenvalue weighted by Gasteiger charge is 2.28. The van der Waals surface area contributed by atoms with Gasteiger partial charge in [-0.25, -0.2) is 4.79 Å². The molecule has 0 radical (unpaired) electrons. The normalized spacial score (nSPS) is 16.4. The molecule has 1 heterocycles. The molecule has 1 N–H and O–H groups in total. The fourth-order valence-electron chi connectivity index (χ4n) is 1.72. The summed E-state index contributed by atoms with van der Waals surface area (Å²) in [6.45, 7) is 0. The van der Waals surface area contributed by atoms with Gasteiger partial charge >= 0.3 is 5.97 Å². The summed E-state index contributed by atoms with van der Waals surface area (Å²) < 4.78 is 15.6. The van der Waals surface area contributed by atoms with Crippen LogP contribution < -0.4 is 9.47 Å². The van der Waals surface area contributed by atoms with E-state index in [4.69, 9.17) is 9.47 Å². The van der Waals surface area contributed by atoms with Gasteiger partial charge in [-0.15, -0.1) is 0 Å². The predicted octanol–water partition coefficient (Wildman–Crippen LogP) is 1.40. The molecular weight excluding hydrogens is 268 g/mol. The number of carbonyl (C=O) groups excluding carboxylic acids is 1. The first-order valence-corrected chi connectivity index (χ1v) is 7.00. The van der Waals surface area contributed by atoms with E-state index < -0.39 is 12.1 Å². The van der Waals surface area contributed by atoms with E-state index in [0.717, 1.165) is 11.5 Å². The SMILES string of the molecule is COC(=O)C(O)c1cccc(OC)c1OC1CSC1. The predicted molar refractivity (Wildman–Crippen MR) is 71.7 cm³/mol. The van der Waals surface area contributed by atoms with Crippen LogP contribution in [0.2, 0.25) is 0 Å². The Bertz CT molecular complexity index is 458. The van der Waals surface area contributed by atoms with Crippen LogP contribution in [-0.2, 0) is 9.53 Å². The Labute approximate surface area is 115 Å². The smallest absolute Gasteiger partial charge is 0.339 e. The number of aliphatic hydroxyl groups is 1. The topological polar surface area (TPSA) is 65.0 Å². The van der Waals surface area contributed by atoms with Crippen molar-refractivity contribution in [3.63, 3.8) is 0 Å². The quantitative estimate of drug-likeness (QED) is 0.824. The number of thioether (sulfide) groups is 1. The zero-order valence-electron chi connectivity index (χ0n) is 10.8. The van der Waals surface area contributed by atoms with Crippen molar-refractivity contribution in [2.45, 2.75) is 12.2 Å². The van der Waals surface area contributed by atoms with Crippen LogP contribution in [0.5, 0.6) is 11.5 Å². The molecule has 1 unspecified atom stereocenters. The minimum absolute atomic E-state index is 0.0879. The van der Waals surface area contributed by atoms with Gasteiger partial charge in [0.2, 0.25) is 0 Å². The van der Waals surface area contributed by atoms with Crippen LogP contribution in [0, 0.1) is 0 Å². The highest BCUT2D eigenvalue weighted by atomic mass is 32.2. The second-order valence-electron chi connectivity index (χ2n) is 4.08. The van der Waals surface area contributed by atoms with Crippen LogP contribution >= 0.6 is 11.8 Å². The van der Waals surface area contributed by atoms with Crippen molar-refractivity contribution in [1.29, 1.82) is 0 Å². The van der Waals surface area contributed by atoms with Crippen molar-refractivity contribution in [3.05, 3.63) is 23.8 Å². The molecule has 0 amide bonds. The molecule has 104 valence electrons. The summed E-state index contributed by atoms with van der Waals surface area (Å²) >= 11 is 1.78. The zero-order chi connectivity index (χ0) is 13.8. The molecule has 5 nitrogen and oxygen atoms in total. The number of methoxy groups -OCH3 is 2. The van der Waals surface area contributed by atoms with Crippen molar-refractivity contribution < 1.29 is 24.1 Å². The van der Waals surface area contributed by atoms with Gasteiger partial charge in [-0.2, -0.15) is 11.8 Å². The van der Waals surface area contributed by atoms with Crippen molar-refractivity contribution in [3.8, 4) is 11.5 Å². The van der Waals surface area contributed by atoms with E-state index in [-0.39, 0.29) is 6.10 Å². The van der Waals surface area contributed by atoms with Gasteiger partial charge in [-0.3, -0.25) is 0 Å². The lowest BCUT2D eigenvalue weighted by Crippen LogP contribution is -2.32. The molecule has 6 heteroatoms. The van der Waals surface area contributed by atoms with Gasteiger partial charge in [0, 0.05) is 17.1 Å². The molecule has 0 spiro atoms. The third-order valence-corrected chi connectivity index (χ3v) is 4.06. The number of hydrogen-bond donors (Lipinski definition) is 1. The number of esters is 1. The van der Waals surface area contributed by atoms with Crippen LogP contribution in [0.25, 0.3) is 0 Å². The first kappa shape index (κ1) is 14.0. The molecule has 0 saturated carbocycles. The molecule has 1 aromatic rings. The average molecular weight is 284 g/mol. The molecule has 0 bridgehead atoms. The summed E-state index contributed by atoms with van der Waals surface area (Å²) in [7, 11) is 2.75. The van der Waals surface area contributed by atoms with Crippen LogP contribution in [0.4, 0.5) is 0 Å². The van der Waals surface area contributed by atoms with Crippen LogP contribution in [0.1, 0.15) is 11.7 Å². The molecule has 2 rings (SSSR count). The average Bonchev–Trinajstić information content (AvgIpc) is 2.40. The van der Waals surface area contributed by atoms with Gasteiger partial charge in [0.25, 0.3) is 0 Å². The Morgan fingerprint density at radius 3 is 2.68 bits per heavy atom. The van der Waals surface area contributed by atoms with Crippen molar-refractivity contribution in [2.75, 3.05) is 25.7 Å². The fraction of sp³-hybridized carbons (Fsp3) is 0.462. The Morgan fingerprint density at radius 2 is 2.16 bits per heavy atom. The summed E-state index contributed by atoms with van der Waals surface area (Å²) in [5.41, 5.74) is 0.364. The van der Waals surface area contributed by atoms with Crippen LogP contribution in [0.15, 0.2) is 18.2 Å². The minimum atomic E-state index is -1.37. The van der Waals surface area contributed by atoms with Gasteiger partial charge in [0.1, 0.15) is 6.10 Å². The summed E-state index contributed by atoms with van der Waals surface area (Å²) in [5, 5.41) is 9.98. The molecule has 1 atom stereocenters. The highest BCUT2D eigenvalue weighted by molar-refractivity contribution is 8.00. The molecule has 1 aromatic carbocycles. The second kappa shape index (κ2) is 6.16. The first-order chi connectivity index (χ1) is 9.17. The molecule has 19 heavy (non-hydrogen) atoms. The van der Waals surface area contributed by atoms with Gasteiger partial charge < -0.3 is 19.3 Å². The Hall–Kier alpha value is -1.40. The lowest BCUT2D eigenvalue weighted by molar-refractivity contribution is -0.150. The zero-order valence-corrected chi connectivity index (χ0v) is 11.6. The highest BCUT2D eigenvalue weighted by Crippen LogP contribution is 2.37. The number of aliphatic hydroxyl groups excluding tert-OH is 1. The summed E-state index contributed by atoms with van der Waals surface area (Å²) in [6, 6.07) is 5.06. The van der Waals surface area contributed by atoms with Crippen molar-refractivity contribution in [2.24, 2.45) is 0 Å². The van der Waals surface area contributed by atoms with Gasteiger partial charge in [-0.1, -0.05) is 12.1 Å². The van der Waals surface area contributed by atoms with Crippen LogP contribution in [-0.4, -0.2) is 42.9 Å². The van der Waals surface area contributed by atoms with Gasteiger partial charge in [-0.05, 0) is 6.07 Å². The maximum Gasteiger partial charge on any atom is 0.339 e. The number of hydrogen-bond acceptors (Lipinski definition) is 6. The fourth-order valence-corrected chi connectivity index (χ4v) is 2.29. The lowest BCUT2D eigenvalue weighted by atomic mass is 10.1. The van der Waals surface area contributed by atoms with Crippen LogP contribution in [0.3, 0.4) is 0 Å². The van der Waals surface area contributed by atoms with Crippen molar-refractivity contribution >= 4 is 17.7 Å². The van der Waals surface area contributed by atoms with E-state index in [2.05, 4.69) is 4.74 Å². The molecule has 1 fully saturated rings. The Kier molecular flexibility index (Phi) is 4.55. The maximum absolute atomic E-state index is 11.5. The first-order valence-electron chi connectivity index (χ1n) is 5.84. The number of ether oxygens (including phenoxy) is 3. The number of carbonyl (C=O) groups is 1. The Balaban J connectivity index is 2.32. The lowest BCUT2D eigenvalue weighted by Gasteiger charge is -2.28. The number of benzene rings is 1. The Morgan fingerprint density at radius 1 is 1.42 bits per heavy atom. The standard InChI is InChI=1S/C13H16O5S/c1-16-10-5-3-4-9(11(14)13(15)17-2)12(10)18-8-6-19-7-8/h3-5,8,11,14H,6-7H2,1-2H3. The molecule has 0 aliphatic carbocycles. The van der Waals surface area contributed by atoms with E-state index in [1.165, 1.54) is 14.2 Å². The van der Waals surface area contributed by atoms with E-state index in [9.17, 15) is 9.90 Å². The summed E-state index contributed by atoms with van der Waals surface area (Å²) in [6.07, 6.45) is -1.28. The number of rotatable bonds is 5. The van der Waals surface area contributed by atoms with E-state index >= 15 is 0 Å². The summed E-state index contributed by atoms with van der Waals surface area (Å²) in [5.74, 6) is 1.98. The molecular formula is C13H16O5S. The van der Waals surface area contributed by atoms with E-state index in [1.807, 2.05) is 0 Å². The molecule has 0 aromatic heterocycles. The largest absolute Gasteiger partial charge is 0.493 e. The van der Waals surface area contributed by atoms with Gasteiger partial charge in [0.05, 0.1) is 14.2 Å². The maximum atomic E-state index is 11.5. The molecule has 1 saturated heterocycles. The van der Waals surface area contributed by atoms with E-state index in [0.29, 0.717) is 17.1 Å². The van der Waals surface area contributed by atoms with E-state index in [1.54, 1.807) is 30.0 Å². The molecule has 1 aliphatic heterocycles. The number of para-hydroxylation sites is 1. The monoisotopic (exact) mass is 284 g/mol. The van der Waals surface area contributed by atoms with Gasteiger partial charge in [0.15, 0.2) is 17.6 Å². The second-order valence-corrected chi connectivity index (χ2v) is 5.16. The molecule has 1 aliphatic rings. The van der Waals surface area contributed by atoms with Crippen molar-refractivity contribution in [1.82, 2.24) is 0 Å². The minimum Gasteiger partial charge on any atom is -0.493 e. The third kappa shape index (κ3) is 2.96. The third-order valence-electron chi connectivity index (χ3n) is 2.84.